The van der Waals surface area contributed by atoms with Crippen molar-refractivity contribution in [2.24, 2.45) is 0 Å². The van der Waals surface area contributed by atoms with Gasteiger partial charge in [0.05, 0.1) is 26.1 Å². The molecule has 114 valence electrons. The lowest BCUT2D eigenvalue weighted by Crippen LogP contribution is -2.34. The van der Waals surface area contributed by atoms with E-state index in [2.05, 4.69) is 14.9 Å². The van der Waals surface area contributed by atoms with E-state index in [1.165, 1.54) is 12.8 Å². The zero-order valence-corrected chi connectivity index (χ0v) is 13.1. The highest BCUT2D eigenvalue weighted by Gasteiger charge is 2.27. The number of hydrogen-bond donors (Lipinski definition) is 1. The van der Waals surface area contributed by atoms with Crippen molar-refractivity contribution >= 4 is 15.4 Å². The van der Waals surface area contributed by atoms with Crippen LogP contribution in [0.1, 0.15) is 30.1 Å². The summed E-state index contributed by atoms with van der Waals surface area (Å²) in [6.07, 6.45) is 6.21. The van der Waals surface area contributed by atoms with Gasteiger partial charge in [-0.2, -0.15) is 0 Å². The maximum Gasteiger partial charge on any atom is 0.131 e. The van der Waals surface area contributed by atoms with Crippen LogP contribution in [0.4, 0.5) is 5.69 Å². The van der Waals surface area contributed by atoms with E-state index in [1.807, 2.05) is 36.7 Å². The molecule has 2 heterocycles. The smallest absolute Gasteiger partial charge is 0.131 e. The van der Waals surface area contributed by atoms with E-state index in [9.17, 15) is 4.21 Å². The normalized spacial score (nSPS) is 24.1. The van der Waals surface area contributed by atoms with E-state index in [0.717, 1.165) is 17.1 Å². The van der Waals surface area contributed by atoms with Crippen molar-refractivity contribution in [3.05, 3.63) is 48.0 Å². The molecule has 6 heteroatoms. The first kappa shape index (κ1) is 13.7. The van der Waals surface area contributed by atoms with Gasteiger partial charge in [0.25, 0.3) is 0 Å². The largest absolute Gasteiger partial charge is 0.365 e. The van der Waals surface area contributed by atoms with E-state index in [0.29, 0.717) is 29.7 Å². The minimum Gasteiger partial charge on any atom is -0.365 e. The highest BCUT2D eigenvalue weighted by Crippen LogP contribution is 2.37. The third-order valence-corrected chi connectivity index (χ3v) is 6.06. The van der Waals surface area contributed by atoms with Gasteiger partial charge >= 0.3 is 0 Å². The molecule has 4 rings (SSSR count). The van der Waals surface area contributed by atoms with Crippen LogP contribution >= 0.6 is 0 Å². The van der Waals surface area contributed by atoms with Crippen molar-refractivity contribution < 1.29 is 4.21 Å². The molecular formula is C16H18N4OS. The molecule has 0 saturated heterocycles. The van der Waals surface area contributed by atoms with Crippen LogP contribution in [-0.4, -0.2) is 26.5 Å². The summed E-state index contributed by atoms with van der Waals surface area (Å²) in [7, 11) is -2.65. The molecule has 0 amide bonds. The molecule has 2 aromatic rings. The minimum absolute atomic E-state index is 0.380. The quantitative estimate of drug-likeness (QED) is 0.945. The molecule has 0 spiro atoms. The maximum atomic E-state index is 12.4. The second-order valence-corrected chi connectivity index (χ2v) is 8.19. The zero-order chi connectivity index (χ0) is 15.2. The standard InChI is InChI=1S/C16H18N4OS/c17-22(21)8-7-20(14-3-1-2-4-15(14)22)11-12-9-18-16(19-10-12)13-5-6-13/h1-4,9-10,13,17H,5-8,11H2. The number of nitrogens with zero attached hydrogens (tertiary/aromatic N) is 3. The Kier molecular flexibility index (Phi) is 3.14. The van der Waals surface area contributed by atoms with Gasteiger partial charge in [0.15, 0.2) is 0 Å². The average Bonchev–Trinajstić information content (AvgIpc) is 3.36. The van der Waals surface area contributed by atoms with Crippen LogP contribution < -0.4 is 4.90 Å². The van der Waals surface area contributed by atoms with Crippen LogP contribution in [-0.2, 0) is 16.3 Å². The monoisotopic (exact) mass is 314 g/mol. The molecule has 1 aliphatic carbocycles. The number of hydrogen-bond acceptors (Lipinski definition) is 5. The summed E-state index contributed by atoms with van der Waals surface area (Å²) in [5, 5.41) is 0. The van der Waals surface area contributed by atoms with Crippen molar-refractivity contribution in [2.45, 2.75) is 30.2 Å². The molecule has 1 aliphatic heterocycles. The third kappa shape index (κ3) is 2.47. The Labute approximate surface area is 130 Å². The van der Waals surface area contributed by atoms with Crippen LogP contribution in [0.25, 0.3) is 0 Å². The van der Waals surface area contributed by atoms with Crippen molar-refractivity contribution in [1.82, 2.24) is 9.97 Å². The van der Waals surface area contributed by atoms with Gasteiger partial charge in [0, 0.05) is 37.0 Å². The SMILES string of the molecule is N=S1(=O)CCN(Cc2cnc(C3CC3)nc2)c2ccccc21. The summed E-state index contributed by atoms with van der Waals surface area (Å²) in [5.74, 6) is 1.90. The van der Waals surface area contributed by atoms with E-state index >= 15 is 0 Å². The lowest BCUT2D eigenvalue weighted by Gasteiger charge is -2.32. The van der Waals surface area contributed by atoms with Gasteiger partial charge in [-0.3, -0.25) is 0 Å². The molecule has 5 nitrogen and oxygen atoms in total. The number of aromatic nitrogens is 2. The average molecular weight is 314 g/mol. The van der Waals surface area contributed by atoms with E-state index in [-0.39, 0.29) is 0 Å². The third-order valence-electron chi connectivity index (χ3n) is 4.25. The molecule has 1 aromatic heterocycles. The molecule has 1 saturated carbocycles. The molecule has 0 radical (unpaired) electrons. The van der Waals surface area contributed by atoms with Crippen molar-refractivity contribution in [2.75, 3.05) is 17.2 Å². The lowest BCUT2D eigenvalue weighted by molar-refractivity contribution is 0.665. The highest BCUT2D eigenvalue weighted by atomic mass is 32.2. The first-order valence-corrected chi connectivity index (χ1v) is 9.27. The summed E-state index contributed by atoms with van der Waals surface area (Å²) < 4.78 is 20.4. The molecular weight excluding hydrogens is 296 g/mol. The Balaban J connectivity index is 1.60. The number of rotatable bonds is 3. The minimum atomic E-state index is -2.65. The summed E-state index contributed by atoms with van der Waals surface area (Å²) >= 11 is 0. The Morgan fingerprint density at radius 2 is 1.95 bits per heavy atom. The van der Waals surface area contributed by atoms with Gasteiger partial charge < -0.3 is 4.90 Å². The Hall–Kier alpha value is -1.95. The molecule has 22 heavy (non-hydrogen) atoms. The second kappa shape index (κ2) is 5.05. The molecule has 1 N–H and O–H groups in total. The van der Waals surface area contributed by atoms with E-state index < -0.39 is 9.73 Å². The van der Waals surface area contributed by atoms with Gasteiger partial charge in [-0.25, -0.2) is 19.0 Å². The van der Waals surface area contributed by atoms with Crippen molar-refractivity contribution in [1.29, 1.82) is 4.78 Å². The van der Waals surface area contributed by atoms with E-state index in [4.69, 9.17) is 4.78 Å². The molecule has 1 aromatic carbocycles. The molecule has 1 unspecified atom stereocenters. The Morgan fingerprint density at radius 3 is 2.68 bits per heavy atom. The fourth-order valence-corrected chi connectivity index (χ4v) is 4.38. The number of benzene rings is 1. The van der Waals surface area contributed by atoms with Crippen LogP contribution in [0.15, 0.2) is 41.6 Å². The summed E-state index contributed by atoms with van der Waals surface area (Å²) in [5.41, 5.74) is 1.96. The Bertz CT molecular complexity index is 797. The highest BCUT2D eigenvalue weighted by molar-refractivity contribution is 7.92. The predicted molar refractivity (Wildman–Crippen MR) is 85.5 cm³/mol. The zero-order valence-electron chi connectivity index (χ0n) is 12.2. The molecule has 1 fully saturated rings. The predicted octanol–water partition coefficient (Wildman–Crippen LogP) is 2.78. The maximum absolute atomic E-state index is 12.4. The van der Waals surface area contributed by atoms with Gasteiger partial charge in [-0.15, -0.1) is 0 Å². The number of anilines is 1. The van der Waals surface area contributed by atoms with Crippen LogP contribution in [0.3, 0.4) is 0 Å². The summed E-state index contributed by atoms with van der Waals surface area (Å²) in [6.45, 7) is 1.32. The van der Waals surface area contributed by atoms with Crippen LogP contribution in [0, 0.1) is 4.78 Å². The molecule has 2 aliphatic rings. The lowest BCUT2D eigenvalue weighted by atomic mass is 10.2. The number of nitrogens with one attached hydrogen (secondary N) is 1. The van der Waals surface area contributed by atoms with E-state index in [1.54, 1.807) is 0 Å². The first-order chi connectivity index (χ1) is 10.6. The fraction of sp³-hybridized carbons (Fsp3) is 0.375. The molecule has 0 bridgehead atoms. The molecule has 1 atom stereocenters. The van der Waals surface area contributed by atoms with Crippen LogP contribution in [0.5, 0.6) is 0 Å². The van der Waals surface area contributed by atoms with Crippen LogP contribution in [0.2, 0.25) is 0 Å². The van der Waals surface area contributed by atoms with Crippen molar-refractivity contribution in [3.63, 3.8) is 0 Å². The number of fused-ring (bicyclic) bond motifs is 1. The first-order valence-electron chi connectivity index (χ1n) is 7.55. The summed E-state index contributed by atoms with van der Waals surface area (Å²) in [6, 6.07) is 7.54. The topological polar surface area (TPSA) is 69.9 Å². The van der Waals surface area contributed by atoms with Gasteiger partial charge in [-0.05, 0) is 25.0 Å². The van der Waals surface area contributed by atoms with Gasteiger partial charge in [0.2, 0.25) is 0 Å². The fourth-order valence-electron chi connectivity index (χ4n) is 2.85. The van der Waals surface area contributed by atoms with Gasteiger partial charge in [-0.1, -0.05) is 12.1 Å². The van der Waals surface area contributed by atoms with Crippen molar-refractivity contribution in [3.8, 4) is 0 Å². The Morgan fingerprint density at radius 1 is 1.23 bits per heavy atom. The van der Waals surface area contributed by atoms with Gasteiger partial charge in [0.1, 0.15) is 5.82 Å². The summed E-state index contributed by atoms with van der Waals surface area (Å²) in [4.78, 5) is 11.7. The number of para-hydroxylation sites is 1. The second-order valence-electron chi connectivity index (χ2n) is 5.99.